The number of hydrogen-bond donors (Lipinski definition) is 2. The number of nitrogens with zero attached hydrogens (tertiary/aromatic N) is 2. The van der Waals surface area contributed by atoms with E-state index in [9.17, 15) is 0 Å². The van der Waals surface area contributed by atoms with Crippen LogP contribution in [0.3, 0.4) is 0 Å². The molecule has 3 N–H and O–H groups in total. The van der Waals surface area contributed by atoms with Crippen molar-refractivity contribution in [2.24, 2.45) is 5.84 Å². The Balaban J connectivity index is 2.44. The summed E-state index contributed by atoms with van der Waals surface area (Å²) in [7, 11) is 1.66. The number of rotatable bonds is 6. The molecule has 0 aromatic carbocycles. The first-order valence-corrected chi connectivity index (χ1v) is 7.15. The quantitative estimate of drug-likeness (QED) is 0.629. The molecule has 0 amide bonds. The predicted molar refractivity (Wildman–Crippen MR) is 77.3 cm³/mol. The average Bonchev–Trinajstić information content (AvgIpc) is 2.99. The Bertz CT molecular complexity index is 534. The molecule has 0 aliphatic rings. The number of methoxy groups -OCH3 is 1. The highest BCUT2D eigenvalue weighted by atomic mass is 32.1. The fraction of sp³-hybridized carbons (Fsp3) is 0.462. The SMILES string of the molecule is CCCn1ncc(OC)c1C(NN)c1ccc(C)s1. The first-order valence-electron chi connectivity index (χ1n) is 6.33. The fourth-order valence-corrected chi connectivity index (χ4v) is 3.06. The molecule has 0 saturated carbocycles. The van der Waals surface area contributed by atoms with E-state index in [0.29, 0.717) is 0 Å². The van der Waals surface area contributed by atoms with E-state index in [1.165, 1.54) is 4.88 Å². The van der Waals surface area contributed by atoms with Crippen LogP contribution >= 0.6 is 11.3 Å². The topological polar surface area (TPSA) is 65.1 Å². The monoisotopic (exact) mass is 280 g/mol. The Morgan fingerprint density at radius 1 is 1.53 bits per heavy atom. The van der Waals surface area contributed by atoms with Crippen LogP contribution in [-0.4, -0.2) is 16.9 Å². The zero-order valence-corrected chi connectivity index (χ0v) is 12.3. The second-order valence-electron chi connectivity index (χ2n) is 4.37. The standard InChI is InChI=1S/C13H20N4OS/c1-4-7-17-13(10(18-3)8-15-17)12(16-14)11-6-5-9(2)19-11/h5-6,8,12,16H,4,7,14H2,1-3H3. The number of hydrazine groups is 1. The van der Waals surface area contributed by atoms with Gasteiger partial charge in [-0.25, -0.2) is 5.43 Å². The van der Waals surface area contributed by atoms with E-state index in [4.69, 9.17) is 10.6 Å². The van der Waals surface area contributed by atoms with E-state index in [-0.39, 0.29) is 6.04 Å². The Hall–Kier alpha value is -1.37. The number of thiophene rings is 1. The summed E-state index contributed by atoms with van der Waals surface area (Å²) in [6, 6.07) is 4.09. The molecule has 1 atom stereocenters. The number of nitrogens with two attached hydrogens (primary N) is 1. The minimum atomic E-state index is -0.0947. The van der Waals surface area contributed by atoms with Gasteiger partial charge in [-0.3, -0.25) is 10.5 Å². The molecule has 0 fully saturated rings. The third kappa shape index (κ3) is 2.80. The lowest BCUT2D eigenvalue weighted by Gasteiger charge is -2.17. The third-order valence-electron chi connectivity index (χ3n) is 2.99. The summed E-state index contributed by atoms with van der Waals surface area (Å²) < 4.78 is 7.37. The van der Waals surface area contributed by atoms with Crippen molar-refractivity contribution in [1.82, 2.24) is 15.2 Å². The molecule has 0 aliphatic carbocycles. The van der Waals surface area contributed by atoms with E-state index < -0.39 is 0 Å². The van der Waals surface area contributed by atoms with Gasteiger partial charge in [0, 0.05) is 16.3 Å². The molecule has 2 rings (SSSR count). The number of nitrogens with one attached hydrogen (secondary N) is 1. The molecule has 2 aromatic rings. The first-order chi connectivity index (χ1) is 9.21. The zero-order chi connectivity index (χ0) is 13.8. The smallest absolute Gasteiger partial charge is 0.162 e. The summed E-state index contributed by atoms with van der Waals surface area (Å²) >= 11 is 1.73. The lowest BCUT2D eigenvalue weighted by atomic mass is 10.1. The van der Waals surface area contributed by atoms with E-state index >= 15 is 0 Å². The van der Waals surface area contributed by atoms with E-state index in [0.717, 1.165) is 29.3 Å². The predicted octanol–water partition coefficient (Wildman–Crippen LogP) is 2.22. The molecule has 1 unspecified atom stereocenters. The lowest BCUT2D eigenvalue weighted by Crippen LogP contribution is -2.30. The van der Waals surface area contributed by atoms with Crippen molar-refractivity contribution in [3.05, 3.63) is 33.8 Å². The maximum absolute atomic E-state index is 5.75. The average molecular weight is 280 g/mol. The summed E-state index contributed by atoms with van der Waals surface area (Å²) in [5.74, 6) is 6.52. The van der Waals surface area contributed by atoms with Gasteiger partial charge in [-0.15, -0.1) is 11.3 Å². The van der Waals surface area contributed by atoms with Crippen LogP contribution in [0.25, 0.3) is 0 Å². The van der Waals surface area contributed by atoms with Crippen molar-refractivity contribution in [3.8, 4) is 5.75 Å². The molecular formula is C13H20N4OS. The van der Waals surface area contributed by atoms with Crippen LogP contribution in [0.2, 0.25) is 0 Å². The lowest BCUT2D eigenvalue weighted by molar-refractivity contribution is 0.399. The Kier molecular flexibility index (Phi) is 4.57. The van der Waals surface area contributed by atoms with Crippen LogP contribution in [0.4, 0.5) is 0 Å². The van der Waals surface area contributed by atoms with Gasteiger partial charge in [0.15, 0.2) is 5.75 Å². The van der Waals surface area contributed by atoms with Gasteiger partial charge >= 0.3 is 0 Å². The summed E-state index contributed by atoms with van der Waals surface area (Å²) in [5, 5.41) is 4.38. The van der Waals surface area contributed by atoms with Gasteiger partial charge in [0.25, 0.3) is 0 Å². The highest BCUT2D eigenvalue weighted by Gasteiger charge is 2.23. The molecule has 0 spiro atoms. The molecule has 0 aliphatic heterocycles. The van der Waals surface area contributed by atoms with Crippen LogP contribution in [0.1, 0.15) is 34.8 Å². The molecule has 0 bridgehead atoms. The molecule has 19 heavy (non-hydrogen) atoms. The van der Waals surface area contributed by atoms with Gasteiger partial charge in [0.1, 0.15) is 11.7 Å². The van der Waals surface area contributed by atoms with Crippen LogP contribution in [0, 0.1) is 6.92 Å². The van der Waals surface area contributed by atoms with Crippen LogP contribution in [0.15, 0.2) is 18.3 Å². The Morgan fingerprint density at radius 2 is 2.32 bits per heavy atom. The summed E-state index contributed by atoms with van der Waals surface area (Å²) in [4.78, 5) is 2.42. The zero-order valence-electron chi connectivity index (χ0n) is 11.5. The molecule has 0 saturated heterocycles. The summed E-state index contributed by atoms with van der Waals surface area (Å²) in [6.07, 6.45) is 2.76. The molecular weight excluding hydrogens is 260 g/mol. The van der Waals surface area contributed by atoms with E-state index in [1.54, 1.807) is 24.6 Å². The van der Waals surface area contributed by atoms with Crippen molar-refractivity contribution >= 4 is 11.3 Å². The minimum Gasteiger partial charge on any atom is -0.493 e. The van der Waals surface area contributed by atoms with Crippen LogP contribution in [0.5, 0.6) is 5.75 Å². The van der Waals surface area contributed by atoms with Gasteiger partial charge in [-0.1, -0.05) is 6.92 Å². The van der Waals surface area contributed by atoms with Crippen molar-refractivity contribution in [1.29, 1.82) is 0 Å². The maximum atomic E-state index is 5.75. The van der Waals surface area contributed by atoms with Crippen molar-refractivity contribution < 1.29 is 4.74 Å². The Labute approximate surface area is 117 Å². The molecule has 104 valence electrons. The number of hydrogen-bond acceptors (Lipinski definition) is 5. The molecule has 5 nitrogen and oxygen atoms in total. The fourth-order valence-electron chi connectivity index (χ4n) is 2.12. The van der Waals surface area contributed by atoms with Gasteiger partial charge < -0.3 is 4.74 Å². The van der Waals surface area contributed by atoms with Crippen LogP contribution in [-0.2, 0) is 6.54 Å². The normalized spacial score (nSPS) is 12.6. The minimum absolute atomic E-state index is 0.0947. The maximum Gasteiger partial charge on any atom is 0.162 e. The summed E-state index contributed by atoms with van der Waals surface area (Å²) in [5.41, 5.74) is 3.86. The van der Waals surface area contributed by atoms with Gasteiger partial charge in [-0.2, -0.15) is 5.10 Å². The van der Waals surface area contributed by atoms with Crippen molar-refractivity contribution in [3.63, 3.8) is 0 Å². The van der Waals surface area contributed by atoms with Gasteiger partial charge in [0.2, 0.25) is 0 Å². The molecule has 0 radical (unpaired) electrons. The van der Waals surface area contributed by atoms with Gasteiger partial charge in [-0.05, 0) is 25.5 Å². The second kappa shape index (κ2) is 6.18. The molecule has 2 aromatic heterocycles. The second-order valence-corrected chi connectivity index (χ2v) is 5.69. The first kappa shape index (κ1) is 14.0. The van der Waals surface area contributed by atoms with E-state index in [1.807, 2.05) is 4.68 Å². The third-order valence-corrected chi connectivity index (χ3v) is 4.05. The van der Waals surface area contributed by atoms with E-state index in [2.05, 4.69) is 36.5 Å². The van der Waals surface area contributed by atoms with Gasteiger partial charge in [0.05, 0.1) is 13.3 Å². The number of ether oxygens (including phenoxy) is 1. The largest absolute Gasteiger partial charge is 0.493 e. The number of aryl methyl sites for hydroxylation is 2. The number of aromatic nitrogens is 2. The Morgan fingerprint density at radius 3 is 2.84 bits per heavy atom. The molecule has 6 heteroatoms. The van der Waals surface area contributed by atoms with Crippen molar-refractivity contribution in [2.75, 3.05) is 7.11 Å². The van der Waals surface area contributed by atoms with Crippen LogP contribution < -0.4 is 16.0 Å². The molecule has 2 heterocycles. The highest BCUT2D eigenvalue weighted by Crippen LogP contribution is 2.33. The van der Waals surface area contributed by atoms with Crippen molar-refractivity contribution in [2.45, 2.75) is 32.9 Å². The highest BCUT2D eigenvalue weighted by molar-refractivity contribution is 7.12. The summed E-state index contributed by atoms with van der Waals surface area (Å²) in [6.45, 7) is 5.06.